The maximum Gasteiger partial charge on any atom is 0.228 e. The first-order chi connectivity index (χ1) is 13.3. The van der Waals surface area contributed by atoms with Gasteiger partial charge in [-0.3, -0.25) is 4.90 Å². The summed E-state index contributed by atoms with van der Waals surface area (Å²) in [5, 5.41) is 3.22. The van der Waals surface area contributed by atoms with E-state index >= 15 is 0 Å². The van der Waals surface area contributed by atoms with E-state index in [4.69, 9.17) is 4.98 Å². The van der Waals surface area contributed by atoms with E-state index in [0.29, 0.717) is 12.0 Å². The van der Waals surface area contributed by atoms with Gasteiger partial charge in [-0.2, -0.15) is 0 Å². The molecule has 2 aromatic heterocycles. The van der Waals surface area contributed by atoms with Gasteiger partial charge in [-0.05, 0) is 56.0 Å². The predicted octanol–water partition coefficient (Wildman–Crippen LogP) is 4.30. The van der Waals surface area contributed by atoms with Crippen LogP contribution in [0.4, 0.5) is 11.8 Å². The lowest BCUT2D eigenvalue weighted by molar-refractivity contribution is 0.256. The average molecular weight is 359 g/mol. The molecule has 138 valence electrons. The molecule has 0 aliphatic carbocycles. The fourth-order valence-electron chi connectivity index (χ4n) is 3.62. The van der Waals surface area contributed by atoms with E-state index in [1.807, 2.05) is 37.5 Å². The summed E-state index contributed by atoms with van der Waals surface area (Å²) in [5.74, 6) is 1.38. The molecule has 0 unspecified atom stereocenters. The van der Waals surface area contributed by atoms with Crippen molar-refractivity contribution in [2.75, 3.05) is 18.4 Å². The molecule has 3 aromatic rings. The van der Waals surface area contributed by atoms with Gasteiger partial charge in [-0.15, -0.1) is 0 Å². The third-order valence-electron chi connectivity index (χ3n) is 5.06. The number of nitrogens with zero attached hydrogens (tertiary/aromatic N) is 4. The molecule has 0 bridgehead atoms. The van der Waals surface area contributed by atoms with E-state index in [1.54, 1.807) is 0 Å². The largest absolute Gasteiger partial charge is 0.309 e. The summed E-state index contributed by atoms with van der Waals surface area (Å²) in [7, 11) is 0. The van der Waals surface area contributed by atoms with Crippen LogP contribution in [0.2, 0.25) is 0 Å². The number of likely N-dealkylation sites (tertiary alicyclic amines) is 1. The molecule has 0 spiro atoms. The minimum absolute atomic E-state index is 0.364. The number of hydrogen-bond acceptors (Lipinski definition) is 5. The van der Waals surface area contributed by atoms with Gasteiger partial charge in [0.2, 0.25) is 5.95 Å². The summed E-state index contributed by atoms with van der Waals surface area (Å²) in [6.45, 7) is 4.21. The molecule has 0 amide bonds. The van der Waals surface area contributed by atoms with Crippen molar-refractivity contribution < 1.29 is 0 Å². The van der Waals surface area contributed by atoms with Gasteiger partial charge in [0.1, 0.15) is 5.82 Å². The third kappa shape index (κ3) is 4.49. The Morgan fingerprint density at radius 1 is 1.07 bits per heavy atom. The van der Waals surface area contributed by atoms with Crippen LogP contribution in [0.15, 0.2) is 60.9 Å². The van der Waals surface area contributed by atoms with Crippen molar-refractivity contribution in [1.29, 1.82) is 0 Å². The van der Waals surface area contributed by atoms with Gasteiger partial charge in [-0.1, -0.05) is 36.4 Å². The van der Waals surface area contributed by atoms with Crippen LogP contribution in [0.25, 0.3) is 0 Å². The van der Waals surface area contributed by atoms with Crippen LogP contribution in [0, 0.1) is 6.92 Å². The Morgan fingerprint density at radius 2 is 1.96 bits per heavy atom. The van der Waals surface area contributed by atoms with Gasteiger partial charge < -0.3 is 5.32 Å². The number of nitrogens with one attached hydrogen (secondary N) is 1. The number of aromatic nitrogens is 3. The van der Waals surface area contributed by atoms with Crippen LogP contribution >= 0.6 is 0 Å². The first-order valence-corrected chi connectivity index (χ1v) is 9.58. The maximum absolute atomic E-state index is 4.77. The van der Waals surface area contributed by atoms with E-state index in [-0.39, 0.29) is 0 Å². The van der Waals surface area contributed by atoms with Crippen molar-refractivity contribution in [1.82, 2.24) is 19.9 Å². The van der Waals surface area contributed by atoms with Gasteiger partial charge in [0.25, 0.3) is 0 Å². The van der Waals surface area contributed by atoms with Crippen LogP contribution in [0.1, 0.15) is 35.7 Å². The quantitative estimate of drug-likeness (QED) is 0.711. The molecule has 4 rings (SSSR count). The van der Waals surface area contributed by atoms with E-state index in [2.05, 4.69) is 50.5 Å². The highest BCUT2D eigenvalue weighted by Gasteiger charge is 2.27. The lowest BCUT2D eigenvalue weighted by atomic mass is 10.1. The number of rotatable bonds is 6. The standard InChI is InChI=1S/C22H25N5/c1-17-9-10-21(24-16-17)26-22-23-13-11-19(25-22)20-8-5-14-27(20)15-12-18-6-3-2-4-7-18/h2-4,6-7,9-11,13,16,20H,5,8,12,14-15H2,1H3,(H,23,24,25,26)/t20-/m1/s1. The molecule has 5 nitrogen and oxygen atoms in total. The molecule has 1 fully saturated rings. The fraction of sp³-hybridized carbons (Fsp3) is 0.318. The molecule has 1 saturated heterocycles. The highest BCUT2D eigenvalue weighted by Crippen LogP contribution is 2.31. The molecule has 1 N–H and O–H groups in total. The minimum Gasteiger partial charge on any atom is -0.309 e. The summed E-state index contributed by atoms with van der Waals surface area (Å²) >= 11 is 0. The molecule has 1 atom stereocenters. The molecular weight excluding hydrogens is 334 g/mol. The molecule has 3 heterocycles. The Labute approximate surface area is 160 Å². The second-order valence-electron chi connectivity index (χ2n) is 7.08. The monoisotopic (exact) mass is 359 g/mol. The lowest BCUT2D eigenvalue weighted by Crippen LogP contribution is -2.26. The Morgan fingerprint density at radius 3 is 2.78 bits per heavy atom. The topological polar surface area (TPSA) is 53.9 Å². The molecule has 5 heteroatoms. The molecule has 1 aliphatic rings. The van der Waals surface area contributed by atoms with Crippen molar-refractivity contribution in [2.45, 2.75) is 32.2 Å². The summed E-state index contributed by atoms with van der Waals surface area (Å²) in [4.78, 5) is 16.1. The first kappa shape index (κ1) is 17.6. The smallest absolute Gasteiger partial charge is 0.228 e. The number of benzene rings is 1. The lowest BCUT2D eigenvalue weighted by Gasteiger charge is -2.24. The van der Waals surface area contributed by atoms with Crippen LogP contribution in [0.3, 0.4) is 0 Å². The zero-order valence-corrected chi connectivity index (χ0v) is 15.7. The zero-order chi connectivity index (χ0) is 18.5. The molecule has 27 heavy (non-hydrogen) atoms. The molecule has 0 radical (unpaired) electrons. The van der Waals surface area contributed by atoms with E-state index in [0.717, 1.165) is 43.0 Å². The third-order valence-corrected chi connectivity index (χ3v) is 5.06. The number of aryl methyl sites for hydroxylation is 1. The predicted molar refractivity (Wildman–Crippen MR) is 108 cm³/mol. The number of anilines is 2. The Kier molecular flexibility index (Phi) is 5.39. The highest BCUT2D eigenvalue weighted by atomic mass is 15.2. The van der Waals surface area contributed by atoms with E-state index in [9.17, 15) is 0 Å². The number of pyridine rings is 1. The fourth-order valence-corrected chi connectivity index (χ4v) is 3.62. The normalized spacial score (nSPS) is 17.1. The maximum atomic E-state index is 4.77. The Bertz CT molecular complexity index is 863. The van der Waals surface area contributed by atoms with Crippen LogP contribution in [-0.2, 0) is 6.42 Å². The van der Waals surface area contributed by atoms with E-state index in [1.165, 1.54) is 12.0 Å². The minimum atomic E-state index is 0.364. The zero-order valence-electron chi connectivity index (χ0n) is 15.7. The van der Waals surface area contributed by atoms with Crippen molar-refractivity contribution in [3.8, 4) is 0 Å². The van der Waals surface area contributed by atoms with Crippen LogP contribution in [-0.4, -0.2) is 32.9 Å². The molecule has 1 aromatic carbocycles. The van der Waals surface area contributed by atoms with Gasteiger partial charge in [-0.25, -0.2) is 15.0 Å². The van der Waals surface area contributed by atoms with E-state index < -0.39 is 0 Å². The van der Waals surface area contributed by atoms with Crippen LogP contribution < -0.4 is 5.32 Å². The summed E-state index contributed by atoms with van der Waals surface area (Å²) in [6, 6.07) is 17.1. The van der Waals surface area contributed by atoms with Crippen molar-refractivity contribution in [3.63, 3.8) is 0 Å². The molecule has 0 saturated carbocycles. The van der Waals surface area contributed by atoms with Gasteiger partial charge in [0.05, 0.1) is 11.7 Å². The van der Waals surface area contributed by atoms with Gasteiger partial charge in [0, 0.05) is 18.9 Å². The average Bonchev–Trinajstić information content (AvgIpc) is 3.18. The van der Waals surface area contributed by atoms with Crippen molar-refractivity contribution in [3.05, 3.63) is 77.7 Å². The van der Waals surface area contributed by atoms with Crippen molar-refractivity contribution in [2.24, 2.45) is 0 Å². The second kappa shape index (κ2) is 8.27. The molecule has 1 aliphatic heterocycles. The summed E-state index contributed by atoms with van der Waals surface area (Å²) < 4.78 is 0. The summed E-state index contributed by atoms with van der Waals surface area (Å²) in [6.07, 6.45) is 7.11. The number of hydrogen-bond donors (Lipinski definition) is 1. The van der Waals surface area contributed by atoms with Crippen LogP contribution in [0.5, 0.6) is 0 Å². The second-order valence-corrected chi connectivity index (χ2v) is 7.08. The van der Waals surface area contributed by atoms with Gasteiger partial charge >= 0.3 is 0 Å². The van der Waals surface area contributed by atoms with Crippen molar-refractivity contribution >= 4 is 11.8 Å². The Hall–Kier alpha value is -2.79. The first-order valence-electron chi connectivity index (χ1n) is 9.58. The summed E-state index contributed by atoms with van der Waals surface area (Å²) in [5.41, 5.74) is 3.61. The SMILES string of the molecule is Cc1ccc(Nc2nccc([C@H]3CCCN3CCc3ccccc3)n2)nc1. The highest BCUT2D eigenvalue weighted by molar-refractivity contribution is 5.47. The Balaban J connectivity index is 1.44. The van der Waals surface area contributed by atoms with Gasteiger partial charge in [0.15, 0.2) is 0 Å². The molecular formula is C22H25N5.